The Balaban J connectivity index is 1.86. The second-order valence-corrected chi connectivity index (χ2v) is 8.55. The molecule has 2 aliphatic rings. The van der Waals surface area contributed by atoms with Crippen molar-refractivity contribution in [3.63, 3.8) is 0 Å². The Bertz CT molecular complexity index is 732. The van der Waals surface area contributed by atoms with Crippen LogP contribution in [0.15, 0.2) is 18.2 Å². The van der Waals surface area contributed by atoms with Gasteiger partial charge in [-0.05, 0) is 43.7 Å². The van der Waals surface area contributed by atoms with Crippen LogP contribution in [0.4, 0.5) is 5.69 Å². The molecule has 0 radical (unpaired) electrons. The number of nitrogens with two attached hydrogens (primary N) is 1. The summed E-state index contributed by atoms with van der Waals surface area (Å²) in [5.41, 5.74) is 7.79. The summed E-state index contributed by atoms with van der Waals surface area (Å²) in [5, 5.41) is 0. The first-order valence-corrected chi connectivity index (χ1v) is 9.77. The van der Waals surface area contributed by atoms with E-state index in [-0.39, 0.29) is 11.9 Å². The molecule has 0 aromatic heterocycles. The van der Waals surface area contributed by atoms with Crippen LogP contribution in [-0.4, -0.2) is 44.6 Å². The normalized spacial score (nSPS) is 27.1. The van der Waals surface area contributed by atoms with E-state index in [1.807, 2.05) is 11.8 Å². The summed E-state index contributed by atoms with van der Waals surface area (Å²) >= 11 is 0. The molecule has 7 heteroatoms. The smallest absolute Gasteiger partial charge is 0.256 e. The molecule has 1 aromatic rings. The van der Waals surface area contributed by atoms with Crippen molar-refractivity contribution in [2.75, 3.05) is 24.1 Å². The van der Waals surface area contributed by atoms with Gasteiger partial charge in [-0.25, -0.2) is 8.42 Å². The fourth-order valence-corrected chi connectivity index (χ4v) is 4.34. The average molecular weight is 337 g/mol. The second-order valence-electron chi connectivity index (χ2n) is 6.80. The number of carbonyl (C=O) groups is 1. The first-order valence-electron chi connectivity index (χ1n) is 7.88. The van der Waals surface area contributed by atoms with E-state index in [4.69, 9.17) is 5.73 Å². The highest BCUT2D eigenvalue weighted by atomic mass is 32.2. The molecule has 3 unspecified atom stereocenters. The SMILES string of the molecule is Cc1ccc(NS(C)(=O)=O)c(C(=O)N2CC3CCC(N)C3C2)c1. The molecule has 6 nitrogen and oxygen atoms in total. The van der Waals surface area contributed by atoms with Gasteiger partial charge in [0.25, 0.3) is 5.91 Å². The first-order chi connectivity index (χ1) is 10.7. The lowest BCUT2D eigenvalue weighted by molar-refractivity contribution is 0.0780. The number of amides is 1. The molecule has 126 valence electrons. The van der Waals surface area contributed by atoms with Gasteiger partial charge in [0.1, 0.15) is 0 Å². The summed E-state index contributed by atoms with van der Waals surface area (Å²) in [6.45, 7) is 3.26. The van der Waals surface area contributed by atoms with Crippen LogP contribution in [0.25, 0.3) is 0 Å². The van der Waals surface area contributed by atoms with E-state index in [1.54, 1.807) is 18.2 Å². The molecule has 3 N–H and O–H groups in total. The van der Waals surface area contributed by atoms with E-state index >= 15 is 0 Å². The summed E-state index contributed by atoms with van der Waals surface area (Å²) in [6.07, 6.45) is 3.18. The van der Waals surface area contributed by atoms with E-state index in [1.165, 1.54) is 0 Å². The summed E-state index contributed by atoms with van der Waals surface area (Å²) in [5.74, 6) is 0.724. The maximum atomic E-state index is 12.9. The van der Waals surface area contributed by atoms with Crippen LogP contribution in [0, 0.1) is 18.8 Å². The number of rotatable bonds is 3. The number of fused-ring (bicyclic) bond motifs is 1. The van der Waals surface area contributed by atoms with Crippen molar-refractivity contribution < 1.29 is 13.2 Å². The van der Waals surface area contributed by atoms with Crippen LogP contribution >= 0.6 is 0 Å². The number of anilines is 1. The van der Waals surface area contributed by atoms with Gasteiger partial charge < -0.3 is 10.6 Å². The van der Waals surface area contributed by atoms with Crippen molar-refractivity contribution in [3.05, 3.63) is 29.3 Å². The fraction of sp³-hybridized carbons (Fsp3) is 0.562. The van der Waals surface area contributed by atoms with Crippen LogP contribution in [0.2, 0.25) is 0 Å². The Hall–Kier alpha value is -1.60. The van der Waals surface area contributed by atoms with E-state index in [0.29, 0.717) is 36.2 Å². The summed E-state index contributed by atoms with van der Waals surface area (Å²) < 4.78 is 25.5. The highest BCUT2D eigenvalue weighted by Gasteiger charge is 2.42. The van der Waals surface area contributed by atoms with Crippen molar-refractivity contribution in [2.24, 2.45) is 17.6 Å². The number of benzene rings is 1. The largest absolute Gasteiger partial charge is 0.338 e. The number of aryl methyl sites for hydroxylation is 1. The van der Waals surface area contributed by atoms with Crippen LogP contribution < -0.4 is 10.5 Å². The molecule has 0 spiro atoms. The minimum atomic E-state index is -3.43. The van der Waals surface area contributed by atoms with Crippen molar-refractivity contribution >= 4 is 21.6 Å². The zero-order valence-corrected chi connectivity index (χ0v) is 14.3. The van der Waals surface area contributed by atoms with E-state index in [2.05, 4.69) is 4.72 Å². The van der Waals surface area contributed by atoms with E-state index in [9.17, 15) is 13.2 Å². The number of sulfonamides is 1. The lowest BCUT2D eigenvalue weighted by Gasteiger charge is -2.21. The Morgan fingerprint density at radius 3 is 2.70 bits per heavy atom. The predicted octanol–water partition coefficient (Wildman–Crippen LogP) is 1.18. The van der Waals surface area contributed by atoms with Gasteiger partial charge in [-0.2, -0.15) is 0 Å². The number of nitrogens with one attached hydrogen (secondary N) is 1. The molecule has 0 bridgehead atoms. The van der Waals surface area contributed by atoms with Gasteiger partial charge in [0.15, 0.2) is 0 Å². The molecular formula is C16H23N3O3S. The fourth-order valence-electron chi connectivity index (χ4n) is 3.77. The number of likely N-dealkylation sites (tertiary alicyclic amines) is 1. The van der Waals surface area contributed by atoms with Gasteiger partial charge in [-0.3, -0.25) is 9.52 Å². The van der Waals surface area contributed by atoms with Crippen LogP contribution in [0.1, 0.15) is 28.8 Å². The number of nitrogens with zero attached hydrogens (tertiary/aromatic N) is 1. The zero-order valence-electron chi connectivity index (χ0n) is 13.5. The molecule has 1 aliphatic heterocycles. The van der Waals surface area contributed by atoms with Gasteiger partial charge in [0.2, 0.25) is 10.0 Å². The Morgan fingerprint density at radius 2 is 2.04 bits per heavy atom. The molecule has 1 heterocycles. The Morgan fingerprint density at radius 1 is 1.30 bits per heavy atom. The van der Waals surface area contributed by atoms with Gasteiger partial charge in [-0.15, -0.1) is 0 Å². The molecule has 3 atom stereocenters. The van der Waals surface area contributed by atoms with Crippen LogP contribution in [0.5, 0.6) is 0 Å². The quantitative estimate of drug-likeness (QED) is 0.866. The number of hydrogen-bond acceptors (Lipinski definition) is 4. The minimum Gasteiger partial charge on any atom is -0.338 e. The Kier molecular flexibility index (Phi) is 4.10. The second kappa shape index (κ2) is 5.79. The molecule has 3 rings (SSSR count). The summed E-state index contributed by atoms with van der Waals surface area (Å²) in [6, 6.07) is 5.35. The van der Waals surface area contributed by atoms with E-state index in [0.717, 1.165) is 24.7 Å². The van der Waals surface area contributed by atoms with Crippen molar-refractivity contribution in [3.8, 4) is 0 Å². The predicted molar refractivity (Wildman–Crippen MR) is 89.7 cm³/mol. The summed E-state index contributed by atoms with van der Waals surface area (Å²) in [7, 11) is -3.43. The number of hydrogen-bond donors (Lipinski definition) is 2. The highest BCUT2D eigenvalue weighted by Crippen LogP contribution is 2.38. The van der Waals surface area contributed by atoms with Gasteiger partial charge in [0, 0.05) is 19.1 Å². The van der Waals surface area contributed by atoms with Crippen LogP contribution in [-0.2, 0) is 10.0 Å². The third kappa shape index (κ3) is 3.35. The Labute approximate surface area is 137 Å². The van der Waals surface area contributed by atoms with Crippen molar-refractivity contribution in [1.82, 2.24) is 4.90 Å². The van der Waals surface area contributed by atoms with Gasteiger partial charge in [0.05, 0.1) is 17.5 Å². The van der Waals surface area contributed by atoms with Crippen molar-refractivity contribution in [1.29, 1.82) is 0 Å². The topological polar surface area (TPSA) is 92.5 Å². The highest BCUT2D eigenvalue weighted by molar-refractivity contribution is 7.92. The lowest BCUT2D eigenvalue weighted by atomic mass is 9.98. The molecule has 1 amide bonds. The maximum Gasteiger partial charge on any atom is 0.256 e. The lowest BCUT2D eigenvalue weighted by Crippen LogP contribution is -2.34. The maximum absolute atomic E-state index is 12.9. The minimum absolute atomic E-state index is 0.124. The standard InChI is InChI=1S/C16H23N3O3S/c1-10-3-6-15(18-23(2,21)22)12(7-10)16(20)19-8-11-4-5-14(17)13(11)9-19/h3,6-7,11,13-14,18H,4-5,8-9,17H2,1-2H3. The molecule has 2 fully saturated rings. The zero-order chi connectivity index (χ0) is 16.8. The van der Waals surface area contributed by atoms with Gasteiger partial charge >= 0.3 is 0 Å². The molecule has 1 aliphatic carbocycles. The van der Waals surface area contributed by atoms with Crippen molar-refractivity contribution in [2.45, 2.75) is 25.8 Å². The third-order valence-corrected chi connectivity index (χ3v) is 5.49. The first kappa shape index (κ1) is 16.3. The van der Waals surface area contributed by atoms with Crippen LogP contribution in [0.3, 0.4) is 0 Å². The summed E-state index contributed by atoms with van der Waals surface area (Å²) in [4.78, 5) is 14.7. The third-order valence-electron chi connectivity index (χ3n) is 4.90. The molecule has 1 aromatic carbocycles. The number of carbonyl (C=O) groups excluding carboxylic acids is 1. The van der Waals surface area contributed by atoms with Gasteiger partial charge in [-0.1, -0.05) is 11.6 Å². The monoisotopic (exact) mass is 337 g/mol. The molecular weight excluding hydrogens is 314 g/mol. The van der Waals surface area contributed by atoms with E-state index < -0.39 is 10.0 Å². The molecule has 23 heavy (non-hydrogen) atoms. The average Bonchev–Trinajstić information content (AvgIpc) is 3.01. The molecule has 1 saturated heterocycles. The molecule has 1 saturated carbocycles.